The molecule has 0 saturated carbocycles. The van der Waals surface area contributed by atoms with Gasteiger partial charge in [-0.3, -0.25) is 0 Å². The third kappa shape index (κ3) is 2.50. The summed E-state index contributed by atoms with van der Waals surface area (Å²) >= 11 is 0. The van der Waals surface area contributed by atoms with Crippen molar-refractivity contribution in [3.8, 4) is 0 Å². The van der Waals surface area contributed by atoms with E-state index in [1.807, 2.05) is 30.3 Å². The van der Waals surface area contributed by atoms with E-state index in [1.165, 1.54) is 0 Å². The Labute approximate surface area is 66.5 Å². The van der Waals surface area contributed by atoms with Gasteiger partial charge in [-0.1, -0.05) is 30.3 Å². The van der Waals surface area contributed by atoms with E-state index in [-0.39, 0.29) is 18.6 Å². The quantitative estimate of drug-likeness (QED) is 0.550. The van der Waals surface area contributed by atoms with Crippen molar-refractivity contribution < 1.29 is 18.6 Å². The van der Waals surface area contributed by atoms with E-state index in [4.69, 9.17) is 5.41 Å². The minimum absolute atomic E-state index is 0. The first-order valence-electron chi connectivity index (χ1n) is 2.46. The zero-order chi connectivity index (χ0) is 5.82. The summed E-state index contributed by atoms with van der Waals surface area (Å²) < 4.78 is 0. The van der Waals surface area contributed by atoms with Crippen molar-refractivity contribution in [3.63, 3.8) is 0 Å². The molecule has 1 rings (SSSR count). The average Bonchev–Trinajstić information content (AvgIpc) is 1.90. The predicted molar refractivity (Wildman–Crippen MR) is 35.0 cm³/mol. The second-order valence-corrected chi connectivity index (χ2v) is 1.54. The van der Waals surface area contributed by atoms with Gasteiger partial charge in [0.1, 0.15) is 0 Å². The van der Waals surface area contributed by atoms with Crippen molar-refractivity contribution in [2.45, 2.75) is 0 Å². The van der Waals surface area contributed by atoms with Crippen molar-refractivity contribution in [3.05, 3.63) is 41.3 Å². The SMILES string of the molecule is [N-]=Cc1ccccc1.[V]. The summed E-state index contributed by atoms with van der Waals surface area (Å²) in [4.78, 5) is 0. The van der Waals surface area contributed by atoms with Crippen LogP contribution in [0.2, 0.25) is 0 Å². The summed E-state index contributed by atoms with van der Waals surface area (Å²) in [5, 5.41) is 8.41. The van der Waals surface area contributed by atoms with Crippen LogP contribution < -0.4 is 0 Å². The fraction of sp³-hybridized carbons (Fsp3) is 0. The molecule has 2 heteroatoms. The van der Waals surface area contributed by atoms with E-state index in [0.717, 1.165) is 11.8 Å². The molecule has 45 valence electrons. The number of nitrogens with zero attached hydrogens (tertiary/aromatic N) is 1. The Hall–Kier alpha value is -0.526. The average molecular weight is 155 g/mol. The van der Waals surface area contributed by atoms with Crippen LogP contribution in [0.4, 0.5) is 0 Å². The third-order valence-electron chi connectivity index (χ3n) is 0.949. The van der Waals surface area contributed by atoms with Crippen LogP contribution in [0.1, 0.15) is 5.56 Å². The van der Waals surface area contributed by atoms with Crippen LogP contribution >= 0.6 is 0 Å². The van der Waals surface area contributed by atoms with Crippen LogP contribution in [-0.4, -0.2) is 6.21 Å². The molecule has 9 heavy (non-hydrogen) atoms. The summed E-state index contributed by atoms with van der Waals surface area (Å²) in [6, 6.07) is 9.33. The molecular weight excluding hydrogens is 149 g/mol. The minimum atomic E-state index is 0. The van der Waals surface area contributed by atoms with Gasteiger partial charge in [-0.15, -0.1) is 0 Å². The number of hydrogen-bond donors (Lipinski definition) is 0. The molecule has 0 bridgehead atoms. The standard InChI is InChI=1S/C7H6N.V/c8-6-7-4-2-1-3-5-7;/h1-6H;/q-1;. The Bertz CT molecular complexity index is 172. The topological polar surface area (TPSA) is 22.3 Å². The molecule has 0 unspecified atom stereocenters. The normalized spacial score (nSPS) is 7.56. The van der Waals surface area contributed by atoms with E-state index in [1.54, 1.807) is 0 Å². The minimum Gasteiger partial charge on any atom is -0.810 e. The van der Waals surface area contributed by atoms with Crippen molar-refractivity contribution in [2.75, 3.05) is 0 Å². The van der Waals surface area contributed by atoms with Crippen LogP contribution in [-0.2, 0) is 18.6 Å². The molecule has 1 nitrogen and oxygen atoms in total. The second kappa shape index (κ2) is 4.36. The molecule has 1 radical (unpaired) electrons. The zero-order valence-corrected chi connectivity index (χ0v) is 6.26. The molecule has 0 saturated heterocycles. The van der Waals surface area contributed by atoms with Crippen LogP contribution in [0.3, 0.4) is 0 Å². The maximum absolute atomic E-state index is 8.41. The fourth-order valence-electron chi connectivity index (χ4n) is 0.539. The first-order chi connectivity index (χ1) is 3.93. The van der Waals surface area contributed by atoms with Gasteiger partial charge in [-0.25, -0.2) is 0 Å². The molecule has 0 N–H and O–H groups in total. The molecule has 0 atom stereocenters. The van der Waals surface area contributed by atoms with Gasteiger partial charge < -0.3 is 5.41 Å². The molecule has 1 aromatic rings. The Morgan fingerprint density at radius 2 is 1.67 bits per heavy atom. The number of hydrogen-bond acceptors (Lipinski definition) is 0. The summed E-state index contributed by atoms with van der Waals surface area (Å²) in [7, 11) is 0. The third-order valence-corrected chi connectivity index (χ3v) is 0.949. The molecule has 0 heterocycles. The smallest absolute Gasteiger partial charge is 0 e. The molecule has 0 aliphatic rings. The van der Waals surface area contributed by atoms with E-state index in [9.17, 15) is 0 Å². The van der Waals surface area contributed by atoms with E-state index < -0.39 is 0 Å². The second-order valence-electron chi connectivity index (χ2n) is 1.54. The molecule has 0 fully saturated rings. The van der Waals surface area contributed by atoms with Crippen molar-refractivity contribution in [1.29, 1.82) is 0 Å². The molecule has 0 aromatic heterocycles. The van der Waals surface area contributed by atoms with E-state index in [0.29, 0.717) is 0 Å². The zero-order valence-electron chi connectivity index (χ0n) is 4.86. The van der Waals surface area contributed by atoms with Gasteiger partial charge in [0.15, 0.2) is 0 Å². The maximum atomic E-state index is 8.41. The number of benzene rings is 1. The summed E-state index contributed by atoms with van der Waals surface area (Å²) in [6.07, 6.45) is 1.08. The summed E-state index contributed by atoms with van der Waals surface area (Å²) in [6.45, 7) is 0. The van der Waals surface area contributed by atoms with Crippen LogP contribution in [0.25, 0.3) is 5.41 Å². The molecule has 0 amide bonds. The fourth-order valence-corrected chi connectivity index (χ4v) is 0.539. The summed E-state index contributed by atoms with van der Waals surface area (Å²) in [5.74, 6) is 0. The van der Waals surface area contributed by atoms with Crippen molar-refractivity contribution >= 4 is 6.21 Å². The molecular formula is C7H6NV-. The Balaban J connectivity index is 0.000000640. The first-order valence-corrected chi connectivity index (χ1v) is 2.46. The monoisotopic (exact) mass is 155 g/mol. The van der Waals surface area contributed by atoms with Crippen molar-refractivity contribution in [1.82, 2.24) is 0 Å². The Morgan fingerprint density at radius 3 is 2.00 bits per heavy atom. The molecule has 0 aliphatic heterocycles. The predicted octanol–water partition coefficient (Wildman–Crippen LogP) is 1.67. The van der Waals surface area contributed by atoms with Crippen LogP contribution in [0.5, 0.6) is 0 Å². The van der Waals surface area contributed by atoms with Gasteiger partial charge in [0.25, 0.3) is 0 Å². The van der Waals surface area contributed by atoms with Crippen LogP contribution in [0.15, 0.2) is 30.3 Å². The van der Waals surface area contributed by atoms with Gasteiger partial charge in [0.05, 0.1) is 0 Å². The summed E-state index contributed by atoms with van der Waals surface area (Å²) in [5.41, 5.74) is 0.840. The van der Waals surface area contributed by atoms with E-state index >= 15 is 0 Å². The maximum Gasteiger partial charge on any atom is 0 e. The Kier molecular flexibility index (Phi) is 4.11. The van der Waals surface area contributed by atoms with E-state index in [2.05, 4.69) is 0 Å². The van der Waals surface area contributed by atoms with Crippen molar-refractivity contribution in [2.24, 2.45) is 0 Å². The first kappa shape index (κ1) is 8.47. The van der Waals surface area contributed by atoms with Gasteiger partial charge in [0, 0.05) is 18.6 Å². The van der Waals surface area contributed by atoms with Gasteiger partial charge in [-0.2, -0.15) is 6.21 Å². The number of rotatable bonds is 1. The molecule has 1 aromatic carbocycles. The Morgan fingerprint density at radius 1 is 1.11 bits per heavy atom. The largest absolute Gasteiger partial charge is 0.810 e. The molecule has 0 spiro atoms. The van der Waals surface area contributed by atoms with Gasteiger partial charge in [-0.05, 0) is 5.56 Å². The van der Waals surface area contributed by atoms with Gasteiger partial charge in [0.2, 0.25) is 0 Å². The molecule has 0 aliphatic carbocycles. The van der Waals surface area contributed by atoms with Gasteiger partial charge >= 0.3 is 0 Å². The van der Waals surface area contributed by atoms with Crippen LogP contribution in [0, 0.1) is 0 Å².